The molecule has 0 atom stereocenters. The highest BCUT2D eigenvalue weighted by Crippen LogP contribution is 2.24. The fourth-order valence-corrected chi connectivity index (χ4v) is 2.97. The first-order valence-electron chi connectivity index (χ1n) is 6.71. The van der Waals surface area contributed by atoms with Crippen LogP contribution in [-0.4, -0.2) is 28.5 Å². The van der Waals surface area contributed by atoms with E-state index < -0.39 is 0 Å². The van der Waals surface area contributed by atoms with Crippen molar-refractivity contribution >= 4 is 28.4 Å². The van der Waals surface area contributed by atoms with E-state index in [0.717, 1.165) is 42.5 Å². The Bertz CT molecular complexity index is 626. The number of fused-ring (bicyclic) bond motifs is 1. The molecule has 1 saturated heterocycles. The van der Waals surface area contributed by atoms with Crippen molar-refractivity contribution in [3.63, 3.8) is 0 Å². The van der Waals surface area contributed by atoms with Crippen molar-refractivity contribution < 1.29 is 4.79 Å². The van der Waals surface area contributed by atoms with E-state index in [0.29, 0.717) is 5.02 Å². The van der Waals surface area contributed by atoms with E-state index in [9.17, 15) is 4.79 Å². The lowest BCUT2D eigenvalue weighted by Crippen LogP contribution is -2.36. The zero-order valence-electron chi connectivity index (χ0n) is 11.0. The van der Waals surface area contributed by atoms with Gasteiger partial charge in [-0.3, -0.25) is 4.79 Å². The standard InChI is InChI=1S/C15H17ClN2O/c1-17-13-6-5-12(16)9-11(13)10-14(17)15(19)18-7-3-2-4-8-18/h5-6,9-10H,2-4,7-8H2,1H3. The van der Waals surface area contributed by atoms with Crippen LogP contribution in [0.5, 0.6) is 0 Å². The van der Waals surface area contributed by atoms with Crippen LogP contribution in [0.25, 0.3) is 10.9 Å². The fourth-order valence-electron chi connectivity index (χ4n) is 2.78. The van der Waals surface area contributed by atoms with Gasteiger partial charge in [0, 0.05) is 36.1 Å². The first kappa shape index (κ1) is 12.5. The number of hydrogen-bond donors (Lipinski definition) is 0. The van der Waals surface area contributed by atoms with Crippen LogP contribution in [0.15, 0.2) is 24.3 Å². The Hall–Kier alpha value is -1.48. The van der Waals surface area contributed by atoms with Crippen molar-refractivity contribution in [1.29, 1.82) is 0 Å². The maximum Gasteiger partial charge on any atom is 0.270 e. The van der Waals surface area contributed by atoms with Gasteiger partial charge in [-0.2, -0.15) is 0 Å². The van der Waals surface area contributed by atoms with Crippen LogP contribution >= 0.6 is 11.6 Å². The van der Waals surface area contributed by atoms with Crippen molar-refractivity contribution in [3.8, 4) is 0 Å². The monoisotopic (exact) mass is 276 g/mol. The van der Waals surface area contributed by atoms with Crippen LogP contribution in [-0.2, 0) is 7.05 Å². The molecule has 100 valence electrons. The van der Waals surface area contributed by atoms with Crippen molar-refractivity contribution in [2.45, 2.75) is 19.3 Å². The van der Waals surface area contributed by atoms with E-state index in [1.807, 2.05) is 40.8 Å². The van der Waals surface area contributed by atoms with Gasteiger partial charge >= 0.3 is 0 Å². The number of hydrogen-bond acceptors (Lipinski definition) is 1. The number of nitrogens with zero attached hydrogens (tertiary/aromatic N) is 2. The van der Waals surface area contributed by atoms with Crippen molar-refractivity contribution in [2.75, 3.05) is 13.1 Å². The molecule has 0 radical (unpaired) electrons. The average molecular weight is 277 g/mol. The molecule has 0 bridgehead atoms. The SMILES string of the molecule is Cn1c(C(=O)N2CCCCC2)cc2cc(Cl)ccc21. The zero-order chi connectivity index (χ0) is 13.4. The van der Waals surface area contributed by atoms with Gasteiger partial charge < -0.3 is 9.47 Å². The summed E-state index contributed by atoms with van der Waals surface area (Å²) in [6.07, 6.45) is 3.46. The van der Waals surface area contributed by atoms with Gasteiger partial charge in [-0.25, -0.2) is 0 Å². The summed E-state index contributed by atoms with van der Waals surface area (Å²) < 4.78 is 1.96. The highest BCUT2D eigenvalue weighted by Gasteiger charge is 2.21. The lowest BCUT2D eigenvalue weighted by atomic mass is 10.1. The number of halogens is 1. The third-order valence-electron chi connectivity index (χ3n) is 3.87. The van der Waals surface area contributed by atoms with Gasteiger partial charge in [-0.1, -0.05) is 11.6 Å². The molecule has 2 aromatic rings. The Kier molecular flexibility index (Phi) is 3.23. The van der Waals surface area contributed by atoms with Crippen LogP contribution < -0.4 is 0 Å². The summed E-state index contributed by atoms with van der Waals surface area (Å²) in [6, 6.07) is 7.67. The summed E-state index contributed by atoms with van der Waals surface area (Å²) >= 11 is 6.00. The molecule has 19 heavy (non-hydrogen) atoms. The molecular formula is C15H17ClN2O. The molecule has 0 aliphatic carbocycles. The van der Waals surface area contributed by atoms with Crippen molar-refractivity contribution in [1.82, 2.24) is 9.47 Å². The first-order chi connectivity index (χ1) is 9.16. The minimum absolute atomic E-state index is 0.134. The first-order valence-corrected chi connectivity index (χ1v) is 7.09. The number of rotatable bonds is 1. The quantitative estimate of drug-likeness (QED) is 0.783. The molecule has 1 aliphatic heterocycles. The van der Waals surface area contributed by atoms with E-state index in [4.69, 9.17) is 11.6 Å². The molecule has 2 heterocycles. The van der Waals surface area contributed by atoms with Crippen LogP contribution in [0.3, 0.4) is 0 Å². The fraction of sp³-hybridized carbons (Fsp3) is 0.400. The second-order valence-electron chi connectivity index (χ2n) is 5.14. The predicted molar refractivity (Wildman–Crippen MR) is 77.7 cm³/mol. The summed E-state index contributed by atoms with van der Waals surface area (Å²) in [7, 11) is 1.94. The molecule has 0 spiro atoms. The Morgan fingerprint density at radius 1 is 1.16 bits per heavy atom. The molecule has 4 heteroatoms. The van der Waals surface area contributed by atoms with E-state index in [2.05, 4.69) is 0 Å². The molecular weight excluding hydrogens is 260 g/mol. The Balaban J connectivity index is 2.00. The van der Waals surface area contributed by atoms with Crippen LogP contribution in [0.2, 0.25) is 5.02 Å². The zero-order valence-corrected chi connectivity index (χ0v) is 11.8. The molecule has 1 fully saturated rings. The lowest BCUT2D eigenvalue weighted by Gasteiger charge is -2.26. The normalized spacial score (nSPS) is 16.0. The summed E-state index contributed by atoms with van der Waals surface area (Å²) in [6.45, 7) is 1.75. The Morgan fingerprint density at radius 2 is 1.89 bits per heavy atom. The van der Waals surface area contributed by atoms with Gasteiger partial charge in [0.1, 0.15) is 5.69 Å². The molecule has 0 saturated carbocycles. The van der Waals surface area contributed by atoms with E-state index in [1.165, 1.54) is 6.42 Å². The van der Waals surface area contributed by atoms with Crippen LogP contribution in [0.1, 0.15) is 29.8 Å². The van der Waals surface area contributed by atoms with Crippen molar-refractivity contribution in [3.05, 3.63) is 35.0 Å². The van der Waals surface area contributed by atoms with Gasteiger partial charge in [-0.15, -0.1) is 0 Å². The largest absolute Gasteiger partial charge is 0.340 e. The maximum absolute atomic E-state index is 12.5. The molecule has 3 nitrogen and oxygen atoms in total. The third-order valence-corrected chi connectivity index (χ3v) is 4.10. The van der Waals surface area contributed by atoms with Crippen LogP contribution in [0, 0.1) is 0 Å². The van der Waals surface area contributed by atoms with Gasteiger partial charge in [-0.05, 0) is 43.5 Å². The maximum atomic E-state index is 12.5. The van der Waals surface area contributed by atoms with E-state index in [-0.39, 0.29) is 5.91 Å². The van der Waals surface area contributed by atoms with Gasteiger partial charge in [0.2, 0.25) is 0 Å². The number of aromatic nitrogens is 1. The molecule has 1 aromatic heterocycles. The van der Waals surface area contributed by atoms with E-state index in [1.54, 1.807) is 0 Å². The molecule has 3 rings (SSSR count). The van der Waals surface area contributed by atoms with E-state index >= 15 is 0 Å². The average Bonchev–Trinajstić information content (AvgIpc) is 2.75. The van der Waals surface area contributed by atoms with Gasteiger partial charge in [0.25, 0.3) is 5.91 Å². The van der Waals surface area contributed by atoms with Crippen molar-refractivity contribution in [2.24, 2.45) is 7.05 Å². The molecule has 1 aromatic carbocycles. The lowest BCUT2D eigenvalue weighted by molar-refractivity contribution is 0.0715. The number of likely N-dealkylation sites (tertiary alicyclic amines) is 1. The number of carbonyl (C=O) groups excluding carboxylic acids is 1. The third kappa shape index (κ3) is 2.23. The minimum atomic E-state index is 0.134. The highest BCUT2D eigenvalue weighted by atomic mass is 35.5. The minimum Gasteiger partial charge on any atom is -0.340 e. The molecule has 1 aliphatic rings. The molecule has 1 amide bonds. The number of benzene rings is 1. The second kappa shape index (κ2) is 4.89. The smallest absolute Gasteiger partial charge is 0.270 e. The van der Waals surface area contributed by atoms with Gasteiger partial charge in [0.05, 0.1) is 0 Å². The van der Waals surface area contributed by atoms with Crippen LogP contribution in [0.4, 0.5) is 0 Å². The Morgan fingerprint density at radius 3 is 2.63 bits per heavy atom. The summed E-state index contributed by atoms with van der Waals surface area (Å²) in [4.78, 5) is 14.5. The number of carbonyl (C=O) groups is 1. The Labute approximate surface area is 117 Å². The highest BCUT2D eigenvalue weighted by molar-refractivity contribution is 6.31. The summed E-state index contributed by atoms with van der Waals surface area (Å²) in [5.41, 5.74) is 1.80. The van der Waals surface area contributed by atoms with Gasteiger partial charge in [0.15, 0.2) is 0 Å². The number of amides is 1. The summed E-state index contributed by atoms with van der Waals surface area (Å²) in [5, 5.41) is 1.73. The number of aryl methyl sites for hydroxylation is 1. The predicted octanol–water partition coefficient (Wildman–Crippen LogP) is 3.46. The molecule has 0 unspecified atom stereocenters. The second-order valence-corrected chi connectivity index (χ2v) is 5.58. The number of piperidine rings is 1. The topological polar surface area (TPSA) is 25.2 Å². The summed E-state index contributed by atoms with van der Waals surface area (Å²) in [5.74, 6) is 0.134. The molecule has 0 N–H and O–H groups in total.